The highest BCUT2D eigenvalue weighted by Gasteiger charge is 2.31. The number of aliphatic hydroxyl groups is 1. The highest BCUT2D eigenvalue weighted by molar-refractivity contribution is 7.47. The average molecular weight is 1580 g/mol. The molecule has 0 aromatic rings. The van der Waals surface area contributed by atoms with Crippen LogP contribution in [0.3, 0.4) is 0 Å². The highest BCUT2D eigenvalue weighted by atomic mass is 31.2. The number of ether oxygens (including phenoxy) is 4. The second-order valence-electron chi connectivity index (χ2n) is 32.7. The highest BCUT2D eigenvalue weighted by Crippen LogP contribution is 2.45. The standard InChI is InChI=1S/C89H174O17P2/c1-7-10-12-14-16-18-20-22-24-25-26-27-28-29-33-37-40-44-48-52-59-65-71-86(91)99-77-84(105-88(93)73-68-62-54-50-46-42-38-34-31-30-32-36-39-43-47-51-58-64-70-82(6)9-3)79-103-107(95,96)101-75-83(90)76-102-108(97,98)104-80-85(78-100-87(92)72-66-60-56-55-57-63-69-81(4)5)106-89(94)74-67-61-53-49-45-41-35-23-21-19-17-15-13-11-8-2/h81-85,90H,7-80H2,1-6H3,(H,95,96)(H,97,98)/t82?,83-,84-,85-/m1/s1. The lowest BCUT2D eigenvalue weighted by Gasteiger charge is -2.21. The van der Waals surface area contributed by atoms with Gasteiger partial charge in [-0.15, -0.1) is 0 Å². The van der Waals surface area contributed by atoms with Gasteiger partial charge in [-0.25, -0.2) is 9.13 Å². The summed E-state index contributed by atoms with van der Waals surface area (Å²) < 4.78 is 68.9. The van der Waals surface area contributed by atoms with E-state index in [1.54, 1.807) is 0 Å². The summed E-state index contributed by atoms with van der Waals surface area (Å²) in [6.07, 6.45) is 73.9. The van der Waals surface area contributed by atoms with Crippen molar-refractivity contribution in [2.24, 2.45) is 11.8 Å². The maximum atomic E-state index is 13.2. The van der Waals surface area contributed by atoms with Crippen LogP contribution in [0.5, 0.6) is 0 Å². The zero-order valence-corrected chi connectivity index (χ0v) is 73.0. The molecule has 3 unspecified atom stereocenters. The Morgan fingerprint density at radius 1 is 0.269 bits per heavy atom. The molecule has 0 spiro atoms. The van der Waals surface area contributed by atoms with E-state index in [0.717, 1.165) is 102 Å². The van der Waals surface area contributed by atoms with Gasteiger partial charge in [-0.05, 0) is 37.5 Å². The fourth-order valence-electron chi connectivity index (χ4n) is 13.9. The average Bonchev–Trinajstić information content (AvgIpc) is 0.903. The van der Waals surface area contributed by atoms with E-state index in [1.165, 1.54) is 289 Å². The van der Waals surface area contributed by atoms with Gasteiger partial charge in [0.15, 0.2) is 12.2 Å². The number of aliphatic hydroxyl groups excluding tert-OH is 1. The first-order valence-corrected chi connectivity index (χ1v) is 49.0. The quantitative estimate of drug-likeness (QED) is 0.0222. The molecule has 0 rings (SSSR count). The molecule has 0 aromatic heterocycles. The predicted molar refractivity (Wildman–Crippen MR) is 446 cm³/mol. The molecule has 3 N–H and O–H groups in total. The van der Waals surface area contributed by atoms with Crippen LogP contribution in [0.15, 0.2) is 0 Å². The molecule has 0 heterocycles. The van der Waals surface area contributed by atoms with E-state index < -0.39 is 97.5 Å². The first kappa shape index (κ1) is 106. The number of phosphoric acid groups is 2. The van der Waals surface area contributed by atoms with E-state index in [4.69, 9.17) is 37.0 Å². The third-order valence-electron chi connectivity index (χ3n) is 21.3. The second-order valence-corrected chi connectivity index (χ2v) is 35.6. The number of hydrogen-bond acceptors (Lipinski definition) is 15. The van der Waals surface area contributed by atoms with E-state index in [-0.39, 0.29) is 25.7 Å². The van der Waals surface area contributed by atoms with Crippen LogP contribution in [0, 0.1) is 11.8 Å². The molecule has 0 fully saturated rings. The Morgan fingerprint density at radius 3 is 0.704 bits per heavy atom. The van der Waals surface area contributed by atoms with E-state index >= 15 is 0 Å². The normalized spacial score (nSPS) is 14.0. The Bertz CT molecular complexity index is 2070. The summed E-state index contributed by atoms with van der Waals surface area (Å²) in [6.45, 7) is 9.67. The number of phosphoric ester groups is 2. The summed E-state index contributed by atoms with van der Waals surface area (Å²) in [6, 6.07) is 0. The van der Waals surface area contributed by atoms with Gasteiger partial charge in [0.2, 0.25) is 0 Å². The number of carbonyl (C=O) groups is 4. The van der Waals surface area contributed by atoms with Crippen LogP contribution >= 0.6 is 15.6 Å². The molecule has 0 radical (unpaired) electrons. The third kappa shape index (κ3) is 80.7. The maximum Gasteiger partial charge on any atom is 0.472 e. The van der Waals surface area contributed by atoms with Gasteiger partial charge in [0.05, 0.1) is 26.4 Å². The molecule has 0 saturated heterocycles. The van der Waals surface area contributed by atoms with Gasteiger partial charge in [-0.1, -0.05) is 427 Å². The molecule has 0 saturated carbocycles. The smallest absolute Gasteiger partial charge is 0.462 e. The predicted octanol–water partition coefficient (Wildman–Crippen LogP) is 27.4. The molecule has 0 amide bonds. The van der Waals surface area contributed by atoms with Crippen molar-refractivity contribution in [3.8, 4) is 0 Å². The summed E-state index contributed by atoms with van der Waals surface area (Å²) in [4.78, 5) is 73.2. The molecule has 0 aromatic carbocycles. The minimum Gasteiger partial charge on any atom is -0.462 e. The molecular weight excluding hydrogens is 1400 g/mol. The van der Waals surface area contributed by atoms with E-state index in [9.17, 15) is 43.2 Å². The molecule has 0 aliphatic heterocycles. The van der Waals surface area contributed by atoms with Gasteiger partial charge in [0.25, 0.3) is 0 Å². The summed E-state index contributed by atoms with van der Waals surface area (Å²) in [5, 5.41) is 10.7. The fourth-order valence-corrected chi connectivity index (χ4v) is 15.5. The Labute approximate surface area is 664 Å². The van der Waals surface area contributed by atoms with E-state index in [1.807, 2.05) is 0 Å². The van der Waals surface area contributed by atoms with Crippen molar-refractivity contribution in [3.63, 3.8) is 0 Å². The van der Waals surface area contributed by atoms with Crippen molar-refractivity contribution in [2.45, 2.75) is 496 Å². The number of hydrogen-bond donors (Lipinski definition) is 3. The lowest BCUT2D eigenvalue weighted by molar-refractivity contribution is -0.161. The van der Waals surface area contributed by atoms with Crippen molar-refractivity contribution >= 4 is 39.5 Å². The number of carbonyl (C=O) groups excluding carboxylic acids is 4. The maximum absolute atomic E-state index is 13.2. The molecule has 17 nitrogen and oxygen atoms in total. The molecule has 0 aliphatic rings. The van der Waals surface area contributed by atoms with Crippen LogP contribution in [-0.4, -0.2) is 96.7 Å². The Hall–Kier alpha value is -1.94. The lowest BCUT2D eigenvalue weighted by atomic mass is 9.99. The second kappa shape index (κ2) is 80.3. The zero-order chi connectivity index (χ0) is 79.2. The summed E-state index contributed by atoms with van der Waals surface area (Å²) in [7, 11) is -9.93. The Balaban J connectivity index is 5.19. The van der Waals surface area contributed by atoms with Gasteiger partial charge in [-0.3, -0.25) is 37.3 Å². The first-order valence-electron chi connectivity index (χ1n) is 46.0. The summed E-state index contributed by atoms with van der Waals surface area (Å²) in [5.41, 5.74) is 0. The van der Waals surface area contributed by atoms with E-state index in [2.05, 4.69) is 41.5 Å². The van der Waals surface area contributed by atoms with E-state index in [0.29, 0.717) is 31.6 Å². The minimum atomic E-state index is -4.97. The first-order chi connectivity index (χ1) is 52.4. The Kier molecular flexibility index (Phi) is 78.8. The van der Waals surface area contributed by atoms with Crippen LogP contribution in [-0.2, 0) is 65.4 Å². The monoisotopic (exact) mass is 1580 g/mol. The molecule has 108 heavy (non-hydrogen) atoms. The third-order valence-corrected chi connectivity index (χ3v) is 23.2. The topological polar surface area (TPSA) is 237 Å². The number of unbranched alkanes of at least 4 members (excludes halogenated alkanes) is 57. The molecule has 19 heteroatoms. The van der Waals surface area contributed by atoms with Crippen LogP contribution in [0.2, 0.25) is 0 Å². The van der Waals surface area contributed by atoms with Crippen LogP contribution in [0.4, 0.5) is 0 Å². The van der Waals surface area contributed by atoms with Crippen LogP contribution < -0.4 is 0 Å². The number of rotatable bonds is 88. The van der Waals surface area contributed by atoms with Crippen molar-refractivity contribution < 1.29 is 80.2 Å². The van der Waals surface area contributed by atoms with Crippen LogP contribution in [0.25, 0.3) is 0 Å². The molecule has 0 aliphatic carbocycles. The van der Waals surface area contributed by atoms with Gasteiger partial charge < -0.3 is 33.8 Å². The van der Waals surface area contributed by atoms with Gasteiger partial charge >= 0.3 is 39.5 Å². The number of esters is 4. The summed E-state index contributed by atoms with van der Waals surface area (Å²) in [5.74, 6) is -0.552. The van der Waals surface area contributed by atoms with Crippen molar-refractivity contribution in [3.05, 3.63) is 0 Å². The molecule has 642 valence electrons. The minimum absolute atomic E-state index is 0.107. The van der Waals surface area contributed by atoms with Crippen LogP contribution in [0.1, 0.15) is 478 Å². The van der Waals surface area contributed by atoms with Gasteiger partial charge in [0, 0.05) is 25.7 Å². The fraction of sp³-hybridized carbons (Fsp3) is 0.955. The van der Waals surface area contributed by atoms with Gasteiger partial charge in [0.1, 0.15) is 19.3 Å². The lowest BCUT2D eigenvalue weighted by Crippen LogP contribution is -2.30. The SMILES string of the molecule is CCCCCCCCCCCCCCCCCCCCCCCCC(=O)OC[C@H](COP(=O)(O)OC[C@@H](O)COP(=O)(O)OC[C@@H](COC(=O)CCCCCCCCC(C)C)OC(=O)CCCCCCCCCCCCCCCCC)OC(=O)CCCCCCCCCCCCCCCCCCCCC(C)CC. The van der Waals surface area contributed by atoms with Gasteiger partial charge in [-0.2, -0.15) is 0 Å². The van der Waals surface area contributed by atoms with Crippen molar-refractivity contribution in [2.75, 3.05) is 39.6 Å². The Morgan fingerprint density at radius 2 is 0.472 bits per heavy atom. The molecular formula is C89H174O17P2. The van der Waals surface area contributed by atoms with Crippen molar-refractivity contribution in [1.82, 2.24) is 0 Å². The zero-order valence-electron chi connectivity index (χ0n) is 71.2. The molecule has 6 atom stereocenters. The molecule has 0 bridgehead atoms. The summed E-state index contributed by atoms with van der Waals surface area (Å²) >= 11 is 0. The largest absolute Gasteiger partial charge is 0.472 e. The van der Waals surface area contributed by atoms with Crippen molar-refractivity contribution in [1.29, 1.82) is 0 Å².